The van der Waals surface area contributed by atoms with Crippen LogP contribution in [-0.4, -0.2) is 19.1 Å². The fraction of sp³-hybridized carbons (Fsp3) is 0.250. The highest BCUT2D eigenvalue weighted by atomic mass is 19.1. The average Bonchev–Trinajstić information content (AvgIpc) is 2.29. The van der Waals surface area contributed by atoms with Crippen LogP contribution in [0.1, 0.15) is 16.8 Å². The van der Waals surface area contributed by atoms with E-state index in [0.717, 1.165) is 0 Å². The number of benzene rings is 1. The van der Waals surface area contributed by atoms with Crippen molar-refractivity contribution in [2.75, 3.05) is 13.2 Å². The van der Waals surface area contributed by atoms with E-state index in [1.807, 2.05) is 0 Å². The molecule has 0 aliphatic rings. The number of amides is 1. The van der Waals surface area contributed by atoms with Gasteiger partial charge in [-0.15, -0.1) is 0 Å². The van der Waals surface area contributed by atoms with E-state index in [-0.39, 0.29) is 5.56 Å². The minimum absolute atomic E-state index is 0.0622. The standard InChI is InChI=1S/C12H14FNO2/c1-2-16-9-5-8-14-12(15)10-6-3-4-7-11(10)13/h2-4,6-7H,1,5,8-9H2,(H,14,15). The van der Waals surface area contributed by atoms with Crippen LogP contribution in [0.15, 0.2) is 37.1 Å². The lowest BCUT2D eigenvalue weighted by Gasteiger charge is -2.05. The van der Waals surface area contributed by atoms with Crippen molar-refractivity contribution >= 4 is 5.91 Å². The molecule has 0 aliphatic heterocycles. The van der Waals surface area contributed by atoms with Crippen LogP contribution in [0.25, 0.3) is 0 Å². The first-order valence-corrected chi connectivity index (χ1v) is 5.01. The average molecular weight is 223 g/mol. The van der Waals surface area contributed by atoms with Gasteiger partial charge in [-0.2, -0.15) is 0 Å². The third-order valence-electron chi connectivity index (χ3n) is 1.96. The summed E-state index contributed by atoms with van der Waals surface area (Å²) in [5.74, 6) is -0.918. The molecule has 86 valence electrons. The molecular weight excluding hydrogens is 209 g/mol. The molecule has 16 heavy (non-hydrogen) atoms. The first-order valence-electron chi connectivity index (χ1n) is 5.01. The zero-order valence-corrected chi connectivity index (χ0v) is 8.91. The zero-order chi connectivity index (χ0) is 11.8. The molecule has 0 bridgehead atoms. The van der Waals surface area contributed by atoms with Crippen LogP contribution in [-0.2, 0) is 4.74 Å². The molecule has 0 radical (unpaired) electrons. The quantitative estimate of drug-likeness (QED) is 0.592. The molecule has 0 atom stereocenters. The van der Waals surface area contributed by atoms with Crippen LogP contribution in [0.4, 0.5) is 4.39 Å². The number of halogens is 1. The van der Waals surface area contributed by atoms with Gasteiger partial charge in [-0.25, -0.2) is 4.39 Å². The molecule has 0 aromatic heterocycles. The molecule has 1 aromatic carbocycles. The van der Waals surface area contributed by atoms with Crippen molar-refractivity contribution < 1.29 is 13.9 Å². The lowest BCUT2D eigenvalue weighted by atomic mass is 10.2. The third-order valence-corrected chi connectivity index (χ3v) is 1.96. The summed E-state index contributed by atoms with van der Waals surface area (Å²) < 4.78 is 18.1. The van der Waals surface area contributed by atoms with Crippen LogP contribution in [0.3, 0.4) is 0 Å². The molecule has 0 saturated carbocycles. The van der Waals surface area contributed by atoms with Gasteiger partial charge in [0.15, 0.2) is 0 Å². The number of carbonyl (C=O) groups excluding carboxylic acids is 1. The third kappa shape index (κ3) is 3.73. The Bertz CT molecular complexity index is 366. The van der Waals surface area contributed by atoms with Gasteiger partial charge in [-0.1, -0.05) is 18.7 Å². The molecule has 0 aliphatic carbocycles. The smallest absolute Gasteiger partial charge is 0.254 e. The summed E-state index contributed by atoms with van der Waals surface area (Å²) >= 11 is 0. The minimum atomic E-state index is -0.512. The topological polar surface area (TPSA) is 38.3 Å². The molecule has 1 rings (SSSR count). The summed E-state index contributed by atoms with van der Waals surface area (Å²) in [6, 6.07) is 5.88. The molecule has 0 saturated heterocycles. The first-order chi connectivity index (χ1) is 7.75. The maximum absolute atomic E-state index is 13.2. The summed E-state index contributed by atoms with van der Waals surface area (Å²) in [7, 11) is 0. The number of nitrogens with one attached hydrogen (secondary N) is 1. The molecule has 1 aromatic rings. The molecule has 0 unspecified atom stereocenters. The van der Waals surface area contributed by atoms with Crippen molar-refractivity contribution in [2.24, 2.45) is 0 Å². The summed E-state index contributed by atoms with van der Waals surface area (Å²) in [5.41, 5.74) is 0.0622. The van der Waals surface area contributed by atoms with Gasteiger partial charge >= 0.3 is 0 Å². The van der Waals surface area contributed by atoms with Gasteiger partial charge in [-0.05, 0) is 18.6 Å². The fourth-order valence-corrected chi connectivity index (χ4v) is 1.18. The molecule has 0 heterocycles. The highest BCUT2D eigenvalue weighted by molar-refractivity contribution is 5.94. The van der Waals surface area contributed by atoms with E-state index in [1.54, 1.807) is 12.1 Å². The van der Waals surface area contributed by atoms with Crippen molar-refractivity contribution in [3.63, 3.8) is 0 Å². The van der Waals surface area contributed by atoms with Crippen molar-refractivity contribution in [3.05, 3.63) is 48.5 Å². The predicted octanol–water partition coefficient (Wildman–Crippen LogP) is 2.11. The second-order valence-corrected chi connectivity index (χ2v) is 3.13. The van der Waals surface area contributed by atoms with Gasteiger partial charge in [0.1, 0.15) is 5.82 Å². The summed E-state index contributed by atoms with van der Waals surface area (Å²) in [6.45, 7) is 4.33. The molecule has 4 heteroatoms. The Kier molecular flexibility index (Phi) is 5.05. The van der Waals surface area contributed by atoms with Gasteiger partial charge in [-0.3, -0.25) is 4.79 Å². The Labute approximate surface area is 93.9 Å². The highest BCUT2D eigenvalue weighted by Crippen LogP contribution is 2.05. The highest BCUT2D eigenvalue weighted by Gasteiger charge is 2.09. The Hall–Kier alpha value is -1.84. The fourth-order valence-electron chi connectivity index (χ4n) is 1.18. The molecule has 3 nitrogen and oxygen atoms in total. The van der Waals surface area contributed by atoms with E-state index in [0.29, 0.717) is 19.6 Å². The lowest BCUT2D eigenvalue weighted by Crippen LogP contribution is -2.25. The van der Waals surface area contributed by atoms with Crippen molar-refractivity contribution in [1.29, 1.82) is 0 Å². The lowest BCUT2D eigenvalue weighted by molar-refractivity contribution is 0.0946. The van der Waals surface area contributed by atoms with E-state index >= 15 is 0 Å². The zero-order valence-electron chi connectivity index (χ0n) is 8.91. The van der Waals surface area contributed by atoms with Crippen LogP contribution in [0.2, 0.25) is 0 Å². The SMILES string of the molecule is C=COCCCNC(=O)c1ccccc1F. The van der Waals surface area contributed by atoms with Crippen molar-refractivity contribution in [3.8, 4) is 0 Å². The van der Waals surface area contributed by atoms with Crippen molar-refractivity contribution in [1.82, 2.24) is 5.32 Å². The maximum atomic E-state index is 13.2. The Morgan fingerprint density at radius 1 is 1.50 bits per heavy atom. The summed E-state index contributed by atoms with van der Waals surface area (Å²) in [6.07, 6.45) is 2.00. The van der Waals surface area contributed by atoms with Gasteiger partial charge < -0.3 is 10.1 Å². The van der Waals surface area contributed by atoms with Crippen LogP contribution >= 0.6 is 0 Å². The summed E-state index contributed by atoms with van der Waals surface area (Å²) in [4.78, 5) is 11.5. The second-order valence-electron chi connectivity index (χ2n) is 3.13. The van der Waals surface area contributed by atoms with E-state index in [1.165, 1.54) is 18.4 Å². The van der Waals surface area contributed by atoms with Gasteiger partial charge in [0, 0.05) is 6.54 Å². The monoisotopic (exact) mass is 223 g/mol. The largest absolute Gasteiger partial charge is 0.502 e. The van der Waals surface area contributed by atoms with Crippen LogP contribution in [0.5, 0.6) is 0 Å². The Balaban J connectivity index is 2.36. The van der Waals surface area contributed by atoms with E-state index in [9.17, 15) is 9.18 Å². The van der Waals surface area contributed by atoms with Gasteiger partial charge in [0.25, 0.3) is 5.91 Å². The van der Waals surface area contributed by atoms with Crippen LogP contribution in [0, 0.1) is 5.82 Å². The Morgan fingerprint density at radius 2 is 2.25 bits per heavy atom. The number of ether oxygens (including phenoxy) is 1. The minimum Gasteiger partial charge on any atom is -0.502 e. The normalized spacial score (nSPS) is 9.56. The number of carbonyl (C=O) groups is 1. The van der Waals surface area contributed by atoms with Gasteiger partial charge in [0.05, 0.1) is 18.4 Å². The van der Waals surface area contributed by atoms with Crippen molar-refractivity contribution in [2.45, 2.75) is 6.42 Å². The molecule has 1 amide bonds. The van der Waals surface area contributed by atoms with Gasteiger partial charge in [0.2, 0.25) is 0 Å². The number of hydrogen-bond donors (Lipinski definition) is 1. The molecule has 0 fully saturated rings. The Morgan fingerprint density at radius 3 is 2.94 bits per heavy atom. The second kappa shape index (κ2) is 6.61. The van der Waals surface area contributed by atoms with Crippen LogP contribution < -0.4 is 5.32 Å². The van der Waals surface area contributed by atoms with E-state index in [4.69, 9.17) is 4.74 Å². The summed E-state index contributed by atoms with van der Waals surface area (Å²) in [5, 5.41) is 2.61. The molecule has 0 spiro atoms. The molecular formula is C12H14FNO2. The number of rotatable bonds is 6. The maximum Gasteiger partial charge on any atom is 0.254 e. The first kappa shape index (κ1) is 12.2. The van der Waals surface area contributed by atoms with E-state index in [2.05, 4.69) is 11.9 Å². The number of hydrogen-bond acceptors (Lipinski definition) is 2. The van der Waals surface area contributed by atoms with E-state index < -0.39 is 11.7 Å². The molecule has 1 N–H and O–H groups in total. The predicted molar refractivity (Wildman–Crippen MR) is 59.5 cm³/mol.